The number of rotatable bonds is 3. The quantitative estimate of drug-likeness (QED) is 0.589. The molecule has 0 aliphatic heterocycles. The number of furan rings is 1. The molecule has 0 amide bonds. The minimum Gasteiger partial charge on any atom is -0.456 e. The van der Waals surface area contributed by atoms with Crippen LogP contribution in [0, 0.1) is 6.92 Å². The van der Waals surface area contributed by atoms with E-state index in [1.165, 1.54) is 0 Å². The van der Waals surface area contributed by atoms with Crippen molar-refractivity contribution in [3.8, 4) is 0 Å². The number of imidazole rings is 1. The summed E-state index contributed by atoms with van der Waals surface area (Å²) in [6, 6.07) is 14.3. The SMILES string of the molecule is Cc1ncc(CNc2ccc3oc4ccccc4c3c2)[nH]1. The second-order valence-electron chi connectivity index (χ2n) is 5.16. The minimum atomic E-state index is 0.724. The number of hydrogen-bond donors (Lipinski definition) is 2. The van der Waals surface area contributed by atoms with Crippen molar-refractivity contribution in [3.05, 3.63) is 60.2 Å². The molecular formula is C17H15N3O. The first-order valence-corrected chi connectivity index (χ1v) is 6.95. The maximum atomic E-state index is 5.83. The van der Waals surface area contributed by atoms with Gasteiger partial charge in [0.1, 0.15) is 17.0 Å². The van der Waals surface area contributed by atoms with Crippen LogP contribution >= 0.6 is 0 Å². The normalized spacial score (nSPS) is 11.3. The second kappa shape index (κ2) is 4.66. The molecular weight excluding hydrogens is 262 g/mol. The third-order valence-corrected chi connectivity index (χ3v) is 3.62. The molecule has 4 aromatic rings. The molecule has 2 aromatic carbocycles. The average Bonchev–Trinajstić information content (AvgIpc) is 3.08. The number of nitrogens with one attached hydrogen (secondary N) is 2. The van der Waals surface area contributed by atoms with Gasteiger partial charge in [-0.25, -0.2) is 4.98 Å². The number of anilines is 1. The molecule has 4 nitrogen and oxygen atoms in total. The smallest absolute Gasteiger partial charge is 0.135 e. The van der Waals surface area contributed by atoms with E-state index >= 15 is 0 Å². The van der Waals surface area contributed by atoms with E-state index in [2.05, 4.69) is 27.4 Å². The highest BCUT2D eigenvalue weighted by molar-refractivity contribution is 6.05. The number of para-hydroxylation sites is 1. The van der Waals surface area contributed by atoms with Crippen LogP contribution in [-0.2, 0) is 6.54 Å². The summed E-state index contributed by atoms with van der Waals surface area (Å²) in [6.07, 6.45) is 1.86. The molecule has 0 unspecified atom stereocenters. The third-order valence-electron chi connectivity index (χ3n) is 3.62. The van der Waals surface area contributed by atoms with Crippen molar-refractivity contribution < 1.29 is 4.42 Å². The Kier molecular flexibility index (Phi) is 2.67. The summed E-state index contributed by atoms with van der Waals surface area (Å²) in [7, 11) is 0. The van der Waals surface area contributed by atoms with E-state index in [0.717, 1.165) is 45.7 Å². The summed E-state index contributed by atoms with van der Waals surface area (Å²) in [6.45, 7) is 2.68. The van der Waals surface area contributed by atoms with Crippen molar-refractivity contribution in [1.82, 2.24) is 9.97 Å². The lowest BCUT2D eigenvalue weighted by molar-refractivity contribution is 0.669. The van der Waals surface area contributed by atoms with Crippen LogP contribution in [0.4, 0.5) is 5.69 Å². The fraction of sp³-hybridized carbons (Fsp3) is 0.118. The van der Waals surface area contributed by atoms with Gasteiger partial charge in [-0.2, -0.15) is 0 Å². The van der Waals surface area contributed by atoms with Crippen molar-refractivity contribution in [1.29, 1.82) is 0 Å². The van der Waals surface area contributed by atoms with Crippen LogP contribution in [0.3, 0.4) is 0 Å². The first-order valence-electron chi connectivity index (χ1n) is 6.95. The number of benzene rings is 2. The fourth-order valence-corrected chi connectivity index (χ4v) is 2.59. The number of aryl methyl sites for hydroxylation is 1. The predicted octanol–water partition coefficient (Wildman–Crippen LogP) is 4.23. The van der Waals surface area contributed by atoms with Gasteiger partial charge in [0.05, 0.1) is 18.4 Å². The van der Waals surface area contributed by atoms with Crippen LogP contribution in [0.15, 0.2) is 53.1 Å². The molecule has 0 radical (unpaired) electrons. The van der Waals surface area contributed by atoms with E-state index in [-0.39, 0.29) is 0 Å². The lowest BCUT2D eigenvalue weighted by Crippen LogP contribution is -1.99. The Balaban J connectivity index is 1.68. The highest BCUT2D eigenvalue weighted by Gasteiger charge is 2.06. The lowest BCUT2D eigenvalue weighted by atomic mass is 10.1. The summed E-state index contributed by atoms with van der Waals surface area (Å²) in [5.74, 6) is 0.933. The monoisotopic (exact) mass is 277 g/mol. The average molecular weight is 277 g/mol. The van der Waals surface area contributed by atoms with Crippen LogP contribution in [0.1, 0.15) is 11.5 Å². The predicted molar refractivity (Wildman–Crippen MR) is 84.4 cm³/mol. The van der Waals surface area contributed by atoms with Crippen LogP contribution in [0.25, 0.3) is 21.9 Å². The van der Waals surface area contributed by atoms with E-state index in [9.17, 15) is 0 Å². The Bertz CT molecular complexity index is 920. The first kappa shape index (κ1) is 12.0. The van der Waals surface area contributed by atoms with Gasteiger partial charge in [-0.05, 0) is 31.2 Å². The molecule has 0 fully saturated rings. The van der Waals surface area contributed by atoms with Crippen molar-refractivity contribution in [3.63, 3.8) is 0 Å². The van der Waals surface area contributed by atoms with E-state index < -0.39 is 0 Å². The summed E-state index contributed by atoms with van der Waals surface area (Å²) in [5, 5.41) is 5.69. The molecule has 0 saturated carbocycles. The molecule has 0 saturated heterocycles. The number of nitrogens with zero attached hydrogens (tertiary/aromatic N) is 1. The van der Waals surface area contributed by atoms with Crippen LogP contribution < -0.4 is 5.32 Å². The largest absolute Gasteiger partial charge is 0.456 e. The van der Waals surface area contributed by atoms with Gasteiger partial charge in [-0.15, -0.1) is 0 Å². The summed E-state index contributed by atoms with van der Waals surface area (Å²) in [5.41, 5.74) is 3.99. The number of aromatic amines is 1. The topological polar surface area (TPSA) is 53.9 Å². The van der Waals surface area contributed by atoms with Crippen molar-refractivity contribution in [2.24, 2.45) is 0 Å². The molecule has 2 aromatic heterocycles. The molecule has 2 N–H and O–H groups in total. The highest BCUT2D eigenvalue weighted by Crippen LogP contribution is 2.30. The zero-order chi connectivity index (χ0) is 14.2. The zero-order valence-electron chi connectivity index (χ0n) is 11.7. The molecule has 0 spiro atoms. The van der Waals surface area contributed by atoms with Gasteiger partial charge in [0.25, 0.3) is 0 Å². The van der Waals surface area contributed by atoms with Crippen LogP contribution in [0.2, 0.25) is 0 Å². The molecule has 0 bridgehead atoms. The van der Waals surface area contributed by atoms with E-state index in [1.807, 2.05) is 43.5 Å². The van der Waals surface area contributed by atoms with Gasteiger partial charge in [-0.1, -0.05) is 18.2 Å². The van der Waals surface area contributed by atoms with E-state index in [1.54, 1.807) is 0 Å². The lowest BCUT2D eigenvalue weighted by Gasteiger charge is -2.04. The van der Waals surface area contributed by atoms with Gasteiger partial charge < -0.3 is 14.7 Å². The van der Waals surface area contributed by atoms with Gasteiger partial charge in [0, 0.05) is 16.5 Å². The van der Waals surface area contributed by atoms with Gasteiger partial charge >= 0.3 is 0 Å². The van der Waals surface area contributed by atoms with Crippen molar-refractivity contribution in [2.75, 3.05) is 5.32 Å². The van der Waals surface area contributed by atoms with Crippen molar-refractivity contribution in [2.45, 2.75) is 13.5 Å². The Labute approximate surface area is 121 Å². The Hall–Kier alpha value is -2.75. The molecule has 0 atom stereocenters. The third kappa shape index (κ3) is 2.14. The molecule has 4 heteroatoms. The van der Waals surface area contributed by atoms with Crippen LogP contribution in [0.5, 0.6) is 0 Å². The molecule has 4 rings (SSSR count). The molecule has 104 valence electrons. The van der Waals surface area contributed by atoms with Gasteiger partial charge in [0.15, 0.2) is 0 Å². The van der Waals surface area contributed by atoms with Gasteiger partial charge in [-0.3, -0.25) is 0 Å². The first-order chi connectivity index (χ1) is 10.3. The highest BCUT2D eigenvalue weighted by atomic mass is 16.3. The Morgan fingerprint density at radius 2 is 1.95 bits per heavy atom. The molecule has 0 aliphatic rings. The molecule has 0 aliphatic carbocycles. The molecule has 2 heterocycles. The maximum Gasteiger partial charge on any atom is 0.135 e. The number of aromatic nitrogens is 2. The summed E-state index contributed by atoms with van der Waals surface area (Å²) < 4.78 is 5.83. The fourth-order valence-electron chi connectivity index (χ4n) is 2.59. The Morgan fingerprint density at radius 3 is 2.81 bits per heavy atom. The number of H-pyrrole nitrogens is 1. The zero-order valence-corrected chi connectivity index (χ0v) is 11.7. The van der Waals surface area contributed by atoms with Crippen molar-refractivity contribution >= 4 is 27.6 Å². The number of fused-ring (bicyclic) bond motifs is 3. The second-order valence-corrected chi connectivity index (χ2v) is 5.16. The van der Waals surface area contributed by atoms with Crippen LogP contribution in [-0.4, -0.2) is 9.97 Å². The Morgan fingerprint density at radius 1 is 1.10 bits per heavy atom. The maximum absolute atomic E-state index is 5.83. The molecule has 21 heavy (non-hydrogen) atoms. The standard InChI is InChI=1S/C17H15N3O/c1-11-18-9-13(20-11)10-19-12-6-7-17-15(8-12)14-4-2-3-5-16(14)21-17/h2-9,19H,10H2,1H3,(H,18,20). The van der Waals surface area contributed by atoms with E-state index in [4.69, 9.17) is 4.42 Å². The van der Waals surface area contributed by atoms with Gasteiger partial charge in [0.2, 0.25) is 0 Å². The minimum absolute atomic E-state index is 0.724. The number of hydrogen-bond acceptors (Lipinski definition) is 3. The van der Waals surface area contributed by atoms with E-state index in [0.29, 0.717) is 0 Å². The summed E-state index contributed by atoms with van der Waals surface area (Å²) in [4.78, 5) is 7.42. The summed E-state index contributed by atoms with van der Waals surface area (Å²) >= 11 is 0.